The second kappa shape index (κ2) is 9.16. The molecular weight excluding hydrogens is 474 g/mol. The summed E-state index contributed by atoms with van der Waals surface area (Å²) in [6.07, 6.45) is 0.274. The molecule has 3 saturated heterocycles. The third-order valence-corrected chi connectivity index (χ3v) is 10.6. The highest BCUT2D eigenvalue weighted by Crippen LogP contribution is 2.33. The summed E-state index contributed by atoms with van der Waals surface area (Å²) in [6.45, 7) is 6.62. The number of aliphatic hydroxyl groups excluding tert-OH is 1. The maximum atomic E-state index is 13.3. The summed E-state index contributed by atoms with van der Waals surface area (Å²) in [7, 11) is -3.55. The highest BCUT2D eigenvalue weighted by molar-refractivity contribution is 7.91. The number of morpholine rings is 1. The first-order chi connectivity index (χ1) is 16.1. The van der Waals surface area contributed by atoms with Crippen LogP contribution in [-0.4, -0.2) is 91.5 Å². The van der Waals surface area contributed by atoms with Gasteiger partial charge in [-0.15, -0.1) is 11.3 Å². The van der Waals surface area contributed by atoms with Gasteiger partial charge in [-0.2, -0.15) is 4.31 Å². The zero-order chi connectivity index (χ0) is 24.1. The van der Waals surface area contributed by atoms with Gasteiger partial charge in [-0.05, 0) is 49.4 Å². The van der Waals surface area contributed by atoms with Crippen molar-refractivity contribution < 1.29 is 23.4 Å². The Morgan fingerprint density at radius 1 is 1.15 bits per heavy atom. The largest absolute Gasteiger partial charge is 0.391 e. The molecule has 3 fully saturated rings. The molecule has 3 aliphatic rings. The summed E-state index contributed by atoms with van der Waals surface area (Å²) >= 11 is 1.25. The number of piperazine rings is 1. The van der Waals surface area contributed by atoms with E-state index in [-0.39, 0.29) is 18.1 Å². The van der Waals surface area contributed by atoms with E-state index in [4.69, 9.17) is 4.74 Å². The predicted octanol–water partition coefficient (Wildman–Crippen LogP) is 1.69. The molecule has 186 valence electrons. The highest BCUT2D eigenvalue weighted by atomic mass is 32.2. The van der Waals surface area contributed by atoms with Gasteiger partial charge in [0.2, 0.25) is 0 Å². The van der Waals surface area contributed by atoms with Crippen molar-refractivity contribution in [2.45, 2.75) is 54.3 Å². The quantitative estimate of drug-likeness (QED) is 0.615. The van der Waals surface area contributed by atoms with Crippen LogP contribution in [0.15, 0.2) is 46.0 Å². The molecule has 10 heteroatoms. The van der Waals surface area contributed by atoms with Crippen LogP contribution in [-0.2, 0) is 20.4 Å². The van der Waals surface area contributed by atoms with Gasteiger partial charge in [0, 0.05) is 37.9 Å². The third-order valence-electron chi connectivity index (χ3n) is 7.31. The van der Waals surface area contributed by atoms with Crippen LogP contribution in [0.25, 0.3) is 0 Å². The number of benzene rings is 1. The molecule has 0 unspecified atom stereocenters. The number of nitrogens with zero attached hydrogens (tertiary/aromatic N) is 3. The fourth-order valence-corrected chi connectivity index (χ4v) is 8.04. The van der Waals surface area contributed by atoms with Gasteiger partial charge in [-0.25, -0.2) is 8.42 Å². The van der Waals surface area contributed by atoms with E-state index in [1.807, 2.05) is 24.3 Å². The lowest BCUT2D eigenvalue weighted by Crippen LogP contribution is -2.61. The van der Waals surface area contributed by atoms with Crippen molar-refractivity contribution in [2.24, 2.45) is 0 Å². The molecule has 4 heterocycles. The van der Waals surface area contributed by atoms with Crippen molar-refractivity contribution in [2.75, 3.05) is 44.3 Å². The molecular formula is C24H33N3O5S2. The van der Waals surface area contributed by atoms with Crippen LogP contribution >= 0.6 is 11.3 Å². The van der Waals surface area contributed by atoms with Crippen LogP contribution in [0.2, 0.25) is 0 Å². The molecule has 3 aliphatic heterocycles. The summed E-state index contributed by atoms with van der Waals surface area (Å²) in [6, 6.07) is 11.3. The van der Waals surface area contributed by atoms with Gasteiger partial charge in [0.15, 0.2) is 0 Å². The first-order valence-corrected chi connectivity index (χ1v) is 14.1. The van der Waals surface area contributed by atoms with Crippen molar-refractivity contribution in [3.63, 3.8) is 0 Å². The monoisotopic (exact) mass is 507 g/mol. The van der Waals surface area contributed by atoms with E-state index in [1.54, 1.807) is 35.7 Å². The van der Waals surface area contributed by atoms with Gasteiger partial charge in [0.05, 0.1) is 37.0 Å². The minimum atomic E-state index is -3.55. The number of fused-ring (bicyclic) bond motifs is 2. The molecule has 34 heavy (non-hydrogen) atoms. The van der Waals surface area contributed by atoms with Gasteiger partial charge in [-0.1, -0.05) is 18.2 Å². The van der Waals surface area contributed by atoms with Crippen molar-refractivity contribution in [3.05, 3.63) is 47.3 Å². The Labute approximate surface area is 205 Å². The van der Waals surface area contributed by atoms with Gasteiger partial charge in [0.25, 0.3) is 10.0 Å². The zero-order valence-corrected chi connectivity index (χ0v) is 21.2. The molecule has 0 aliphatic carbocycles. The maximum absolute atomic E-state index is 13.3. The Kier molecular flexibility index (Phi) is 6.52. The lowest BCUT2D eigenvalue weighted by molar-refractivity contribution is -0.0345. The Morgan fingerprint density at radius 3 is 2.56 bits per heavy atom. The smallest absolute Gasteiger partial charge is 0.252 e. The molecule has 0 amide bonds. The molecule has 5 rings (SSSR count). The minimum absolute atomic E-state index is 0.0533. The second-order valence-corrected chi connectivity index (χ2v) is 13.1. The molecule has 0 saturated carbocycles. The number of hydrogen-bond donors (Lipinski definition) is 2. The summed E-state index contributed by atoms with van der Waals surface area (Å²) < 4.78 is 34.2. The average Bonchev–Trinajstić information content (AvgIpc) is 3.39. The molecule has 0 spiro atoms. The molecule has 2 aromatic rings. The fourth-order valence-electron chi connectivity index (χ4n) is 5.43. The second-order valence-electron chi connectivity index (χ2n) is 10.0. The Balaban J connectivity index is 1.42. The number of ether oxygens (including phenoxy) is 1. The van der Waals surface area contributed by atoms with Crippen LogP contribution in [0.3, 0.4) is 0 Å². The van der Waals surface area contributed by atoms with Crippen LogP contribution in [0.5, 0.6) is 0 Å². The normalized spacial score (nSPS) is 29.0. The van der Waals surface area contributed by atoms with Crippen molar-refractivity contribution in [1.29, 1.82) is 0 Å². The van der Waals surface area contributed by atoms with E-state index in [9.17, 15) is 18.6 Å². The standard InChI is InChI=1S/C24H33N3O5S2/c1-24(2,29)17-5-7-18(8-6-17)26-10-9-25(34(30,31)23-4-3-11-33-23)13-20(26)14-27-19-12-22(28)21(27)16-32-15-19/h3-8,11,19-22,28-29H,9-10,12-16H2,1-2H3/t19-,20+,21-,22+/m0/s1. The highest BCUT2D eigenvalue weighted by Gasteiger charge is 2.46. The first-order valence-electron chi connectivity index (χ1n) is 11.8. The molecule has 2 N–H and O–H groups in total. The number of sulfonamides is 1. The van der Waals surface area contributed by atoms with E-state index in [0.717, 1.165) is 11.3 Å². The van der Waals surface area contributed by atoms with Crippen LogP contribution < -0.4 is 4.90 Å². The van der Waals surface area contributed by atoms with Crippen molar-refractivity contribution >= 4 is 27.0 Å². The molecule has 0 radical (unpaired) electrons. The van der Waals surface area contributed by atoms with E-state index in [1.165, 1.54) is 11.3 Å². The Bertz CT molecular complexity index is 1080. The zero-order valence-electron chi connectivity index (χ0n) is 19.6. The Morgan fingerprint density at radius 2 is 1.91 bits per heavy atom. The van der Waals surface area contributed by atoms with Crippen molar-refractivity contribution in [3.8, 4) is 0 Å². The van der Waals surface area contributed by atoms with Gasteiger partial charge in [-0.3, -0.25) is 4.90 Å². The summed E-state index contributed by atoms with van der Waals surface area (Å²) in [5.41, 5.74) is 0.919. The molecule has 8 nitrogen and oxygen atoms in total. The lowest BCUT2D eigenvalue weighted by Gasteiger charge is -2.46. The maximum Gasteiger partial charge on any atom is 0.252 e. The number of aliphatic hydroxyl groups is 2. The SMILES string of the molecule is CC(C)(O)c1ccc(N2CCN(S(=O)(=O)c3cccs3)C[C@@H]2CN2[C@@H]3COC[C@H]2[C@H](O)C3)cc1. The van der Waals surface area contributed by atoms with E-state index < -0.39 is 21.7 Å². The summed E-state index contributed by atoms with van der Waals surface area (Å²) in [5.74, 6) is 0. The van der Waals surface area contributed by atoms with Crippen LogP contribution in [0.1, 0.15) is 25.8 Å². The third kappa shape index (κ3) is 4.53. The van der Waals surface area contributed by atoms with Crippen molar-refractivity contribution in [1.82, 2.24) is 9.21 Å². The van der Waals surface area contributed by atoms with Gasteiger partial charge < -0.3 is 19.8 Å². The van der Waals surface area contributed by atoms with Gasteiger partial charge in [0.1, 0.15) is 4.21 Å². The molecule has 1 aromatic carbocycles. The van der Waals surface area contributed by atoms with E-state index in [0.29, 0.717) is 50.0 Å². The average molecular weight is 508 g/mol. The molecule has 4 atom stereocenters. The predicted molar refractivity (Wildman–Crippen MR) is 132 cm³/mol. The Hall–Kier alpha value is -1.53. The number of hydrogen-bond acceptors (Lipinski definition) is 8. The van der Waals surface area contributed by atoms with Crippen LogP contribution in [0, 0.1) is 0 Å². The van der Waals surface area contributed by atoms with Gasteiger partial charge >= 0.3 is 0 Å². The topological polar surface area (TPSA) is 93.6 Å². The minimum Gasteiger partial charge on any atom is -0.391 e. The molecule has 1 aromatic heterocycles. The fraction of sp³-hybridized carbons (Fsp3) is 0.583. The number of rotatable bonds is 6. The summed E-state index contributed by atoms with van der Waals surface area (Å²) in [4.78, 5) is 4.59. The van der Waals surface area contributed by atoms with Crippen LogP contribution in [0.4, 0.5) is 5.69 Å². The van der Waals surface area contributed by atoms with E-state index >= 15 is 0 Å². The van der Waals surface area contributed by atoms with E-state index in [2.05, 4.69) is 9.80 Å². The molecule has 2 bridgehead atoms. The first kappa shape index (κ1) is 24.2. The lowest BCUT2D eigenvalue weighted by atomic mass is 9.98. The number of thiophene rings is 1. The number of anilines is 1. The summed E-state index contributed by atoms with van der Waals surface area (Å²) in [5, 5.41) is 22.7.